The molecule has 2 aromatic rings. The number of thiol groups is 1. The third kappa shape index (κ3) is 13.5. The fourth-order valence-electron chi connectivity index (χ4n) is 4.90. The Balaban J connectivity index is 2.61. The number of ether oxygens (including phenoxy) is 2. The van der Waals surface area contributed by atoms with Crippen LogP contribution in [-0.4, -0.2) is 69.5 Å². The lowest BCUT2D eigenvalue weighted by molar-refractivity contribution is -0.159. The molecule has 0 aliphatic rings. The van der Waals surface area contributed by atoms with Crippen molar-refractivity contribution in [2.24, 2.45) is 0 Å². The summed E-state index contributed by atoms with van der Waals surface area (Å²) >= 11 is 4.36. The van der Waals surface area contributed by atoms with E-state index in [2.05, 4.69) is 30.2 Å². The zero-order valence-corrected chi connectivity index (χ0v) is 30.0. The van der Waals surface area contributed by atoms with Gasteiger partial charge >= 0.3 is 12.1 Å². The number of aryl methyl sites for hydroxylation is 1. The maximum absolute atomic E-state index is 14.5. The summed E-state index contributed by atoms with van der Waals surface area (Å²) in [7, 11) is 0. The van der Waals surface area contributed by atoms with Crippen molar-refractivity contribution in [3.63, 3.8) is 0 Å². The van der Waals surface area contributed by atoms with Gasteiger partial charge in [-0.25, -0.2) is 9.59 Å². The number of phenolic OH excluding ortho intramolecular Hbond substituents is 1. The molecule has 2 aromatic carbocycles. The second-order valence-electron chi connectivity index (χ2n) is 13.7. The van der Waals surface area contributed by atoms with Crippen LogP contribution in [0.2, 0.25) is 0 Å². The number of hydrogen-bond donors (Lipinski definition) is 4. The number of nitrogens with zero attached hydrogens (tertiary/aromatic N) is 1. The van der Waals surface area contributed by atoms with Crippen LogP contribution in [0.15, 0.2) is 48.5 Å². The Kier molecular flexibility index (Phi) is 15.1. The quantitative estimate of drug-likeness (QED) is 0.103. The summed E-state index contributed by atoms with van der Waals surface area (Å²) in [6.45, 7) is 14.4. The molecule has 0 radical (unpaired) electrons. The Bertz CT molecular complexity index is 1340. The van der Waals surface area contributed by atoms with Gasteiger partial charge in [0.05, 0.1) is 0 Å². The monoisotopic (exact) mass is 671 g/mol. The largest absolute Gasteiger partial charge is 0.508 e. The van der Waals surface area contributed by atoms with Crippen molar-refractivity contribution < 1.29 is 33.8 Å². The van der Waals surface area contributed by atoms with Crippen LogP contribution in [0.5, 0.6) is 5.75 Å². The van der Waals surface area contributed by atoms with Gasteiger partial charge in [-0.2, -0.15) is 12.6 Å². The number of phenols is 1. The van der Waals surface area contributed by atoms with Gasteiger partial charge in [0.1, 0.15) is 35.1 Å². The number of carbonyl (C=O) groups excluding carboxylic acids is 4. The molecule has 3 amide bonds. The first kappa shape index (κ1) is 39.4. The predicted molar refractivity (Wildman–Crippen MR) is 186 cm³/mol. The summed E-state index contributed by atoms with van der Waals surface area (Å²) in [4.78, 5) is 56.4. The number of nitrogens with one attached hydrogen (secondary N) is 2. The first-order valence-electron chi connectivity index (χ1n) is 16.2. The first-order valence-corrected chi connectivity index (χ1v) is 16.9. The van der Waals surface area contributed by atoms with Crippen molar-refractivity contribution in [3.8, 4) is 5.75 Å². The maximum atomic E-state index is 14.5. The average molecular weight is 672 g/mol. The molecule has 3 atom stereocenters. The highest BCUT2D eigenvalue weighted by Gasteiger charge is 2.38. The molecule has 0 aliphatic carbocycles. The van der Waals surface area contributed by atoms with E-state index in [0.717, 1.165) is 24.8 Å². The summed E-state index contributed by atoms with van der Waals surface area (Å²) in [6.07, 6.45) is 2.67. The number of aromatic hydroxyl groups is 1. The molecule has 0 aliphatic heterocycles. The molecule has 47 heavy (non-hydrogen) atoms. The molecule has 2 rings (SSSR count). The van der Waals surface area contributed by atoms with Crippen LogP contribution >= 0.6 is 12.6 Å². The van der Waals surface area contributed by atoms with Gasteiger partial charge in [0.25, 0.3) is 0 Å². The van der Waals surface area contributed by atoms with Gasteiger partial charge in [-0.05, 0) is 83.7 Å². The average Bonchev–Trinajstić information content (AvgIpc) is 2.97. The molecule has 0 saturated heterocycles. The Morgan fingerprint density at radius 2 is 1.51 bits per heavy atom. The molecule has 0 heterocycles. The molecule has 10 nitrogen and oxygen atoms in total. The summed E-state index contributed by atoms with van der Waals surface area (Å²) < 4.78 is 11.1. The smallest absolute Gasteiger partial charge is 0.408 e. The number of benzene rings is 2. The SMILES string of the molecule is CCCCCCN(C(=O)C(CS)NC(=O)OC(C)(C)C)C(C(=O)NC(Cc1ccccc1)C(=O)OC(C)(C)C)c1ccc(O)c(C)c1. The van der Waals surface area contributed by atoms with Gasteiger partial charge < -0.3 is 30.1 Å². The lowest BCUT2D eigenvalue weighted by Crippen LogP contribution is -2.55. The minimum Gasteiger partial charge on any atom is -0.508 e. The van der Waals surface area contributed by atoms with Crippen molar-refractivity contribution in [1.29, 1.82) is 0 Å². The second-order valence-corrected chi connectivity index (χ2v) is 14.1. The highest BCUT2D eigenvalue weighted by atomic mass is 32.1. The van der Waals surface area contributed by atoms with Crippen LogP contribution in [0.1, 0.15) is 96.9 Å². The zero-order chi connectivity index (χ0) is 35.4. The fraction of sp³-hybridized carbons (Fsp3) is 0.556. The van der Waals surface area contributed by atoms with Crippen LogP contribution < -0.4 is 10.6 Å². The summed E-state index contributed by atoms with van der Waals surface area (Å²) in [5.41, 5.74) is 0.141. The standard InChI is InChI=1S/C36H53N3O7S/c1-9-10-11-15-20-39(32(42)28(23-47)38-34(44)46-36(6,7)8)30(26-18-19-29(40)24(2)21-26)31(41)37-27(33(43)45-35(3,4)5)22-25-16-13-12-14-17-25/h12-14,16-19,21,27-28,30,40,47H,9-11,15,20,22-23H2,1-8H3,(H,37,41)(H,38,44). The number of amides is 3. The number of rotatable bonds is 15. The van der Waals surface area contributed by atoms with E-state index in [4.69, 9.17) is 9.47 Å². The van der Waals surface area contributed by atoms with Gasteiger partial charge in [0.15, 0.2) is 0 Å². The molecule has 0 fully saturated rings. The van der Waals surface area contributed by atoms with E-state index in [9.17, 15) is 24.3 Å². The third-order valence-corrected chi connectivity index (χ3v) is 7.46. The molecule has 3 N–H and O–H groups in total. The minimum absolute atomic E-state index is 0.0317. The molecule has 0 aromatic heterocycles. The minimum atomic E-state index is -1.22. The molecule has 0 spiro atoms. The van der Waals surface area contributed by atoms with E-state index >= 15 is 0 Å². The third-order valence-electron chi connectivity index (χ3n) is 7.09. The molecule has 0 saturated carbocycles. The van der Waals surface area contributed by atoms with Crippen LogP contribution in [0.4, 0.5) is 4.79 Å². The van der Waals surface area contributed by atoms with Gasteiger partial charge in [0, 0.05) is 18.7 Å². The molecule has 3 unspecified atom stereocenters. The normalized spacial score (nSPS) is 13.6. The van der Waals surface area contributed by atoms with Crippen molar-refractivity contribution in [3.05, 3.63) is 65.2 Å². The zero-order valence-electron chi connectivity index (χ0n) is 29.1. The fourth-order valence-corrected chi connectivity index (χ4v) is 5.15. The summed E-state index contributed by atoms with van der Waals surface area (Å²) in [6, 6.07) is 10.6. The van der Waals surface area contributed by atoms with Crippen LogP contribution in [0.3, 0.4) is 0 Å². The highest BCUT2D eigenvalue weighted by molar-refractivity contribution is 7.80. The number of unbranched alkanes of at least 4 members (excludes halogenated alkanes) is 3. The van der Waals surface area contributed by atoms with E-state index in [0.29, 0.717) is 17.5 Å². The molecular formula is C36H53N3O7S. The van der Waals surface area contributed by atoms with E-state index < -0.39 is 53.2 Å². The number of esters is 1. The first-order chi connectivity index (χ1) is 22.0. The van der Waals surface area contributed by atoms with Gasteiger partial charge in [-0.15, -0.1) is 0 Å². The van der Waals surface area contributed by atoms with E-state index in [1.54, 1.807) is 60.6 Å². The number of carbonyl (C=O) groups is 4. The van der Waals surface area contributed by atoms with Crippen LogP contribution in [-0.2, 0) is 30.3 Å². The van der Waals surface area contributed by atoms with Crippen molar-refractivity contribution >= 4 is 36.5 Å². The van der Waals surface area contributed by atoms with E-state index in [1.165, 1.54) is 11.0 Å². The Hall–Kier alpha value is -3.73. The van der Waals surface area contributed by atoms with Gasteiger partial charge in [-0.1, -0.05) is 62.6 Å². The lowest BCUT2D eigenvalue weighted by Gasteiger charge is -2.35. The molecule has 260 valence electrons. The molecule has 11 heteroatoms. The van der Waals surface area contributed by atoms with Crippen LogP contribution in [0, 0.1) is 6.92 Å². The summed E-state index contributed by atoms with van der Waals surface area (Å²) in [5.74, 6) is -1.78. The molecule has 0 bridgehead atoms. The van der Waals surface area contributed by atoms with E-state index in [-0.39, 0.29) is 24.5 Å². The van der Waals surface area contributed by atoms with Crippen molar-refractivity contribution in [2.75, 3.05) is 12.3 Å². The maximum Gasteiger partial charge on any atom is 0.408 e. The van der Waals surface area contributed by atoms with E-state index in [1.807, 2.05) is 30.3 Å². The number of alkyl carbamates (subject to hydrolysis) is 1. The predicted octanol–water partition coefficient (Wildman–Crippen LogP) is 6.04. The number of hydrogen-bond acceptors (Lipinski definition) is 8. The van der Waals surface area contributed by atoms with Gasteiger partial charge in [-0.3, -0.25) is 9.59 Å². The van der Waals surface area contributed by atoms with Crippen molar-refractivity contribution in [2.45, 2.75) is 117 Å². The lowest BCUT2D eigenvalue weighted by atomic mass is 9.98. The van der Waals surface area contributed by atoms with Crippen molar-refractivity contribution in [1.82, 2.24) is 15.5 Å². The Labute approximate surface area is 285 Å². The second kappa shape index (κ2) is 18.0. The molecular weight excluding hydrogens is 618 g/mol. The van der Waals surface area contributed by atoms with Crippen LogP contribution in [0.25, 0.3) is 0 Å². The topological polar surface area (TPSA) is 134 Å². The highest BCUT2D eigenvalue weighted by Crippen LogP contribution is 2.28. The Morgan fingerprint density at radius 3 is 2.06 bits per heavy atom. The Morgan fingerprint density at radius 1 is 0.872 bits per heavy atom. The summed E-state index contributed by atoms with van der Waals surface area (Å²) in [5, 5.41) is 15.8. The van der Waals surface area contributed by atoms with Gasteiger partial charge in [0.2, 0.25) is 11.8 Å².